The van der Waals surface area contributed by atoms with Crippen LogP contribution in [0.1, 0.15) is 27.2 Å². The van der Waals surface area contributed by atoms with Crippen molar-refractivity contribution in [2.45, 2.75) is 44.7 Å². The lowest BCUT2D eigenvalue weighted by Crippen LogP contribution is -2.34. The largest absolute Gasteiger partial charge is 0.426 e. The molecule has 2 atom stereocenters. The van der Waals surface area contributed by atoms with E-state index < -0.39 is 17.5 Å². The minimum absolute atomic E-state index is 0.309. The maximum Gasteiger partial charge on any atom is 0.336 e. The summed E-state index contributed by atoms with van der Waals surface area (Å²) >= 11 is 0. The van der Waals surface area contributed by atoms with Gasteiger partial charge in [0.15, 0.2) is 0 Å². The zero-order valence-corrected chi connectivity index (χ0v) is 8.53. The highest BCUT2D eigenvalue weighted by atomic mass is 16.7. The van der Waals surface area contributed by atoms with E-state index in [0.717, 1.165) is 0 Å². The van der Waals surface area contributed by atoms with Crippen molar-refractivity contribution in [1.29, 1.82) is 0 Å². The number of aliphatic hydroxyl groups is 1. The van der Waals surface area contributed by atoms with Crippen LogP contribution in [0.5, 0.6) is 0 Å². The molecule has 4 heteroatoms. The first-order chi connectivity index (χ1) is 6.35. The first kappa shape index (κ1) is 9.68. The van der Waals surface area contributed by atoms with E-state index in [1.807, 2.05) is 0 Å². The Kier molecular flexibility index (Phi) is 1.78. The van der Waals surface area contributed by atoms with Gasteiger partial charge in [0, 0.05) is 12.0 Å². The lowest BCUT2D eigenvalue weighted by molar-refractivity contribution is -0.207. The highest BCUT2D eigenvalue weighted by Crippen LogP contribution is 2.43. The fraction of sp³-hybridized carbons (Fsp3) is 0.700. The van der Waals surface area contributed by atoms with Gasteiger partial charge in [0.1, 0.15) is 0 Å². The Morgan fingerprint density at radius 2 is 2.21 bits per heavy atom. The number of esters is 1. The van der Waals surface area contributed by atoms with Crippen LogP contribution in [0.25, 0.3) is 0 Å². The number of ether oxygens (including phenoxy) is 2. The quantitative estimate of drug-likeness (QED) is 0.583. The highest BCUT2D eigenvalue weighted by Gasteiger charge is 2.54. The molecule has 78 valence electrons. The van der Waals surface area contributed by atoms with Crippen molar-refractivity contribution in [2.24, 2.45) is 0 Å². The Morgan fingerprint density at radius 3 is 2.57 bits per heavy atom. The summed E-state index contributed by atoms with van der Waals surface area (Å²) in [6.45, 7) is 5.24. The Hall–Kier alpha value is -0.870. The van der Waals surface area contributed by atoms with E-state index >= 15 is 0 Å². The van der Waals surface area contributed by atoms with Crippen LogP contribution >= 0.6 is 0 Å². The Balaban J connectivity index is 2.27. The van der Waals surface area contributed by atoms with Gasteiger partial charge in [-0.1, -0.05) is 0 Å². The second-order valence-electron chi connectivity index (χ2n) is 4.45. The molecule has 2 aliphatic heterocycles. The molecule has 0 saturated carbocycles. The summed E-state index contributed by atoms with van der Waals surface area (Å²) in [7, 11) is 0. The SMILES string of the molecule is CC1=C[C@@]2(C[C@@H](O)C(C)(C)O2)OC1=O. The van der Waals surface area contributed by atoms with Crippen LogP contribution in [0.4, 0.5) is 0 Å². The van der Waals surface area contributed by atoms with Crippen LogP contribution in [0.15, 0.2) is 11.6 Å². The van der Waals surface area contributed by atoms with Crippen molar-refractivity contribution in [3.05, 3.63) is 11.6 Å². The fourth-order valence-corrected chi connectivity index (χ4v) is 1.88. The van der Waals surface area contributed by atoms with E-state index in [9.17, 15) is 9.90 Å². The van der Waals surface area contributed by atoms with Gasteiger partial charge < -0.3 is 14.6 Å². The van der Waals surface area contributed by atoms with E-state index in [1.54, 1.807) is 26.8 Å². The van der Waals surface area contributed by atoms with Crippen LogP contribution in [-0.4, -0.2) is 28.6 Å². The van der Waals surface area contributed by atoms with Gasteiger partial charge in [-0.3, -0.25) is 0 Å². The molecule has 14 heavy (non-hydrogen) atoms. The molecule has 0 aromatic carbocycles. The lowest BCUT2D eigenvalue weighted by atomic mass is 10.0. The van der Waals surface area contributed by atoms with E-state index in [-0.39, 0.29) is 5.97 Å². The first-order valence-electron chi connectivity index (χ1n) is 4.66. The molecule has 4 nitrogen and oxygen atoms in total. The van der Waals surface area contributed by atoms with Crippen molar-refractivity contribution in [2.75, 3.05) is 0 Å². The maximum atomic E-state index is 11.2. The van der Waals surface area contributed by atoms with Gasteiger partial charge in [-0.2, -0.15) is 0 Å². The number of rotatable bonds is 0. The lowest BCUT2D eigenvalue weighted by Gasteiger charge is -2.25. The Labute approximate surface area is 82.5 Å². The van der Waals surface area contributed by atoms with Crippen LogP contribution in [0.3, 0.4) is 0 Å². The monoisotopic (exact) mass is 198 g/mol. The molecule has 0 bridgehead atoms. The van der Waals surface area contributed by atoms with Crippen molar-refractivity contribution >= 4 is 5.97 Å². The molecule has 0 aliphatic carbocycles. The van der Waals surface area contributed by atoms with Crippen LogP contribution < -0.4 is 0 Å². The molecule has 2 aliphatic rings. The maximum absolute atomic E-state index is 11.2. The molecule has 0 radical (unpaired) electrons. The third-order valence-electron chi connectivity index (χ3n) is 2.74. The molecule has 0 amide bonds. The van der Waals surface area contributed by atoms with Gasteiger partial charge in [0.05, 0.1) is 11.7 Å². The van der Waals surface area contributed by atoms with E-state index in [2.05, 4.69) is 0 Å². The number of hydrogen-bond donors (Lipinski definition) is 1. The zero-order valence-electron chi connectivity index (χ0n) is 8.53. The highest BCUT2D eigenvalue weighted by molar-refractivity contribution is 5.90. The molecular weight excluding hydrogens is 184 g/mol. The Morgan fingerprint density at radius 1 is 1.57 bits per heavy atom. The summed E-state index contributed by atoms with van der Waals surface area (Å²) in [6, 6.07) is 0. The van der Waals surface area contributed by atoms with E-state index in [4.69, 9.17) is 9.47 Å². The molecule has 2 rings (SSSR count). The summed E-state index contributed by atoms with van der Waals surface area (Å²) in [6.07, 6.45) is 1.34. The average molecular weight is 198 g/mol. The summed E-state index contributed by atoms with van der Waals surface area (Å²) in [5.41, 5.74) is -0.128. The van der Waals surface area contributed by atoms with Gasteiger partial charge in [-0.25, -0.2) is 4.79 Å². The third kappa shape index (κ3) is 1.26. The summed E-state index contributed by atoms with van der Waals surface area (Å²) in [5.74, 6) is -1.39. The van der Waals surface area contributed by atoms with Gasteiger partial charge in [0.2, 0.25) is 5.79 Å². The minimum Gasteiger partial charge on any atom is -0.426 e. The number of carbonyl (C=O) groups is 1. The summed E-state index contributed by atoms with van der Waals surface area (Å²) in [5, 5.41) is 9.71. The van der Waals surface area contributed by atoms with E-state index in [1.165, 1.54) is 0 Å². The molecule has 0 aromatic heterocycles. The minimum atomic E-state index is -1.02. The second-order valence-corrected chi connectivity index (χ2v) is 4.45. The van der Waals surface area contributed by atoms with E-state index in [0.29, 0.717) is 12.0 Å². The van der Waals surface area contributed by atoms with Crippen molar-refractivity contribution in [3.63, 3.8) is 0 Å². The standard InChI is InChI=1S/C10H14O4/c1-6-4-10(13-8(6)12)5-7(11)9(2,3)14-10/h4,7,11H,5H2,1-3H3/t7-,10-/m1/s1. The van der Waals surface area contributed by atoms with Gasteiger partial charge in [-0.05, 0) is 26.8 Å². The normalized spacial score (nSPS) is 40.1. The molecule has 1 N–H and O–H groups in total. The van der Waals surface area contributed by atoms with Gasteiger partial charge in [0.25, 0.3) is 0 Å². The number of carbonyl (C=O) groups excluding carboxylic acids is 1. The third-order valence-corrected chi connectivity index (χ3v) is 2.74. The molecular formula is C10H14O4. The van der Waals surface area contributed by atoms with Gasteiger partial charge in [-0.15, -0.1) is 0 Å². The topological polar surface area (TPSA) is 55.8 Å². The number of hydrogen-bond acceptors (Lipinski definition) is 4. The smallest absolute Gasteiger partial charge is 0.336 e. The molecule has 0 unspecified atom stereocenters. The molecule has 1 spiro atoms. The van der Waals surface area contributed by atoms with Gasteiger partial charge >= 0.3 is 5.97 Å². The fourth-order valence-electron chi connectivity index (χ4n) is 1.88. The molecule has 2 heterocycles. The predicted molar refractivity (Wildman–Crippen MR) is 48.4 cm³/mol. The summed E-state index contributed by atoms with van der Waals surface area (Å²) < 4.78 is 10.7. The van der Waals surface area contributed by atoms with Crippen molar-refractivity contribution in [3.8, 4) is 0 Å². The summed E-state index contributed by atoms with van der Waals surface area (Å²) in [4.78, 5) is 11.2. The Bertz CT molecular complexity index is 318. The first-order valence-corrected chi connectivity index (χ1v) is 4.66. The zero-order chi connectivity index (χ0) is 10.6. The average Bonchev–Trinajstić information content (AvgIpc) is 2.35. The predicted octanol–water partition coefficient (Wildman–Crippen LogP) is 0.746. The van der Waals surface area contributed by atoms with Crippen LogP contribution in [0.2, 0.25) is 0 Å². The van der Waals surface area contributed by atoms with Crippen LogP contribution in [-0.2, 0) is 14.3 Å². The molecule has 1 saturated heterocycles. The molecule has 1 fully saturated rings. The number of aliphatic hydroxyl groups excluding tert-OH is 1. The second kappa shape index (κ2) is 2.58. The molecule has 0 aromatic rings. The van der Waals surface area contributed by atoms with Crippen LogP contribution in [0, 0.1) is 0 Å². The van der Waals surface area contributed by atoms with Crippen molar-refractivity contribution in [1.82, 2.24) is 0 Å². The van der Waals surface area contributed by atoms with Crippen molar-refractivity contribution < 1.29 is 19.4 Å².